The highest BCUT2D eigenvalue weighted by molar-refractivity contribution is 5.68. The maximum atomic E-state index is 10.5. The van der Waals surface area contributed by atoms with E-state index < -0.39 is 6.09 Å². The number of carbonyl (C=O) groups excluding carboxylic acids is 1. The molecule has 4 nitrogen and oxygen atoms in total. The molecule has 1 aliphatic rings. The molecule has 0 atom stereocenters. The second kappa shape index (κ2) is 3.05. The van der Waals surface area contributed by atoms with E-state index in [0.29, 0.717) is 11.8 Å². The molecule has 0 spiro atoms. The molecule has 1 fully saturated rings. The van der Waals surface area contributed by atoms with Crippen molar-refractivity contribution in [3.63, 3.8) is 0 Å². The maximum absolute atomic E-state index is 10.5. The molecule has 68 valence electrons. The number of primary amides is 1. The first kappa shape index (κ1) is 8.04. The van der Waals surface area contributed by atoms with Crippen molar-refractivity contribution < 1.29 is 9.53 Å². The molecule has 4 heteroatoms. The van der Waals surface area contributed by atoms with Gasteiger partial charge in [0.25, 0.3) is 0 Å². The SMILES string of the molecule is NC(=O)Oc1ncccc1C1CC1. The fourth-order valence-electron chi connectivity index (χ4n) is 1.29. The average molecular weight is 178 g/mol. The predicted octanol–water partition coefficient (Wildman–Crippen LogP) is 1.42. The Morgan fingerprint density at radius 1 is 1.62 bits per heavy atom. The number of rotatable bonds is 2. The van der Waals surface area contributed by atoms with Gasteiger partial charge >= 0.3 is 6.09 Å². The Hall–Kier alpha value is -1.58. The van der Waals surface area contributed by atoms with Crippen molar-refractivity contribution >= 4 is 6.09 Å². The van der Waals surface area contributed by atoms with Crippen LogP contribution in [-0.2, 0) is 0 Å². The van der Waals surface area contributed by atoms with Gasteiger partial charge in [0.2, 0.25) is 5.88 Å². The van der Waals surface area contributed by atoms with Crippen LogP contribution >= 0.6 is 0 Å². The molecule has 1 saturated carbocycles. The summed E-state index contributed by atoms with van der Waals surface area (Å²) in [4.78, 5) is 14.5. The van der Waals surface area contributed by atoms with Gasteiger partial charge in [-0.3, -0.25) is 0 Å². The number of carbonyl (C=O) groups is 1. The van der Waals surface area contributed by atoms with E-state index in [9.17, 15) is 4.79 Å². The quantitative estimate of drug-likeness (QED) is 0.744. The van der Waals surface area contributed by atoms with Crippen molar-refractivity contribution in [1.82, 2.24) is 4.98 Å². The fraction of sp³-hybridized carbons (Fsp3) is 0.333. The molecule has 0 saturated heterocycles. The molecule has 0 aromatic carbocycles. The number of pyridine rings is 1. The molecule has 0 bridgehead atoms. The second-order valence-corrected chi connectivity index (χ2v) is 3.09. The molecule has 0 radical (unpaired) electrons. The van der Waals surface area contributed by atoms with E-state index in [4.69, 9.17) is 10.5 Å². The van der Waals surface area contributed by atoms with E-state index in [1.54, 1.807) is 6.20 Å². The molecule has 1 heterocycles. The normalized spacial score (nSPS) is 15.4. The molecule has 0 unspecified atom stereocenters. The summed E-state index contributed by atoms with van der Waals surface area (Å²) in [5.74, 6) is 0.862. The largest absolute Gasteiger partial charge is 0.411 e. The number of amides is 1. The number of nitrogens with zero attached hydrogens (tertiary/aromatic N) is 1. The highest BCUT2D eigenvalue weighted by Crippen LogP contribution is 2.43. The average Bonchev–Trinajstić information content (AvgIpc) is 2.87. The number of nitrogens with two attached hydrogens (primary N) is 1. The summed E-state index contributed by atoms with van der Waals surface area (Å²) in [6.07, 6.45) is 3.06. The summed E-state index contributed by atoms with van der Waals surface area (Å²) in [5.41, 5.74) is 5.90. The fourth-order valence-corrected chi connectivity index (χ4v) is 1.29. The first-order valence-corrected chi connectivity index (χ1v) is 4.19. The molecule has 1 aromatic rings. The van der Waals surface area contributed by atoms with Crippen LogP contribution in [0.5, 0.6) is 5.88 Å². The molecule has 1 aliphatic carbocycles. The van der Waals surface area contributed by atoms with E-state index in [1.807, 2.05) is 12.1 Å². The zero-order chi connectivity index (χ0) is 9.26. The van der Waals surface area contributed by atoms with Crippen molar-refractivity contribution in [3.8, 4) is 5.88 Å². The van der Waals surface area contributed by atoms with Gasteiger partial charge in [-0.25, -0.2) is 9.78 Å². The van der Waals surface area contributed by atoms with E-state index in [0.717, 1.165) is 18.4 Å². The van der Waals surface area contributed by atoms with E-state index in [-0.39, 0.29) is 0 Å². The third-order valence-corrected chi connectivity index (χ3v) is 2.02. The van der Waals surface area contributed by atoms with Crippen molar-refractivity contribution in [1.29, 1.82) is 0 Å². The van der Waals surface area contributed by atoms with Crippen molar-refractivity contribution in [3.05, 3.63) is 23.9 Å². The highest BCUT2D eigenvalue weighted by Gasteiger charge is 2.27. The minimum Gasteiger partial charge on any atom is -0.391 e. The van der Waals surface area contributed by atoms with Crippen molar-refractivity contribution in [2.75, 3.05) is 0 Å². The molecule has 2 rings (SSSR count). The molecule has 2 N–H and O–H groups in total. The summed E-state index contributed by atoms with van der Waals surface area (Å²) in [5, 5.41) is 0. The minimum atomic E-state index is -0.805. The minimum absolute atomic E-state index is 0.359. The van der Waals surface area contributed by atoms with Gasteiger partial charge in [0, 0.05) is 11.8 Å². The Labute approximate surface area is 75.7 Å². The van der Waals surface area contributed by atoms with Crippen LogP contribution < -0.4 is 10.5 Å². The first-order valence-electron chi connectivity index (χ1n) is 4.19. The summed E-state index contributed by atoms with van der Waals surface area (Å²) in [7, 11) is 0. The van der Waals surface area contributed by atoms with Crippen LogP contribution in [0.2, 0.25) is 0 Å². The van der Waals surface area contributed by atoms with Crippen molar-refractivity contribution in [2.45, 2.75) is 18.8 Å². The monoisotopic (exact) mass is 178 g/mol. The summed E-state index contributed by atoms with van der Waals surface area (Å²) >= 11 is 0. The Morgan fingerprint density at radius 3 is 3.00 bits per heavy atom. The van der Waals surface area contributed by atoms with Crippen LogP contribution in [-0.4, -0.2) is 11.1 Å². The molecular weight excluding hydrogens is 168 g/mol. The van der Waals surface area contributed by atoms with Crippen molar-refractivity contribution in [2.24, 2.45) is 5.73 Å². The number of ether oxygens (including phenoxy) is 1. The Balaban J connectivity index is 2.26. The van der Waals surface area contributed by atoms with E-state index in [1.165, 1.54) is 0 Å². The van der Waals surface area contributed by atoms with E-state index in [2.05, 4.69) is 4.98 Å². The standard InChI is InChI=1S/C9H10N2O2/c10-9(12)13-8-7(6-3-4-6)2-1-5-11-8/h1-2,5-6H,3-4H2,(H2,10,12). The maximum Gasteiger partial charge on any atom is 0.411 e. The van der Waals surface area contributed by atoms with Gasteiger partial charge in [-0.2, -0.15) is 0 Å². The second-order valence-electron chi connectivity index (χ2n) is 3.09. The predicted molar refractivity (Wildman–Crippen MR) is 46.4 cm³/mol. The third-order valence-electron chi connectivity index (χ3n) is 2.02. The van der Waals surface area contributed by atoms with Gasteiger partial charge < -0.3 is 10.5 Å². The van der Waals surface area contributed by atoms with Gasteiger partial charge in [0.1, 0.15) is 0 Å². The van der Waals surface area contributed by atoms with Crippen LogP contribution in [0.15, 0.2) is 18.3 Å². The highest BCUT2D eigenvalue weighted by atomic mass is 16.6. The summed E-state index contributed by atoms with van der Waals surface area (Å²) in [6, 6.07) is 3.75. The lowest BCUT2D eigenvalue weighted by Crippen LogP contribution is -2.17. The van der Waals surface area contributed by atoms with Gasteiger partial charge in [0.05, 0.1) is 0 Å². The van der Waals surface area contributed by atoms with Crippen LogP contribution in [0.4, 0.5) is 4.79 Å². The Kier molecular flexibility index (Phi) is 1.88. The Bertz CT molecular complexity index is 334. The first-order chi connectivity index (χ1) is 6.27. The molecule has 1 amide bonds. The van der Waals surface area contributed by atoms with Crippen LogP contribution in [0.1, 0.15) is 24.3 Å². The molecule has 13 heavy (non-hydrogen) atoms. The van der Waals surface area contributed by atoms with Gasteiger partial charge in [-0.15, -0.1) is 0 Å². The number of aromatic nitrogens is 1. The molecule has 0 aliphatic heterocycles. The molecular formula is C9H10N2O2. The lowest BCUT2D eigenvalue weighted by atomic mass is 10.2. The number of hydrogen-bond acceptors (Lipinski definition) is 3. The summed E-state index contributed by atoms with van der Waals surface area (Å²) < 4.78 is 4.77. The van der Waals surface area contributed by atoms with Crippen LogP contribution in [0.3, 0.4) is 0 Å². The smallest absolute Gasteiger partial charge is 0.391 e. The van der Waals surface area contributed by atoms with Gasteiger partial charge in [-0.05, 0) is 24.8 Å². The topological polar surface area (TPSA) is 65.2 Å². The summed E-state index contributed by atoms with van der Waals surface area (Å²) in [6.45, 7) is 0. The lowest BCUT2D eigenvalue weighted by molar-refractivity contribution is 0.208. The lowest BCUT2D eigenvalue weighted by Gasteiger charge is -2.04. The molecule has 1 aromatic heterocycles. The van der Waals surface area contributed by atoms with Crippen LogP contribution in [0.25, 0.3) is 0 Å². The zero-order valence-corrected chi connectivity index (χ0v) is 7.06. The number of hydrogen-bond donors (Lipinski definition) is 1. The zero-order valence-electron chi connectivity index (χ0n) is 7.06. The van der Waals surface area contributed by atoms with E-state index >= 15 is 0 Å². The van der Waals surface area contributed by atoms with Crippen LogP contribution in [0, 0.1) is 0 Å². The Morgan fingerprint density at radius 2 is 2.38 bits per heavy atom. The van der Waals surface area contributed by atoms with Gasteiger partial charge in [-0.1, -0.05) is 6.07 Å². The van der Waals surface area contributed by atoms with Gasteiger partial charge in [0.15, 0.2) is 0 Å². The third kappa shape index (κ3) is 1.77.